The summed E-state index contributed by atoms with van der Waals surface area (Å²) in [5.74, 6) is 1.32. The first-order valence-electron chi connectivity index (χ1n) is 9.64. The lowest BCUT2D eigenvalue weighted by Crippen LogP contribution is -2.33. The fraction of sp³-hybridized carbons (Fsp3) is 0.478. The van der Waals surface area contributed by atoms with E-state index in [4.69, 9.17) is 4.74 Å². The van der Waals surface area contributed by atoms with Crippen LogP contribution in [0.1, 0.15) is 61.9 Å². The highest BCUT2D eigenvalue weighted by Gasteiger charge is 2.11. The maximum atomic E-state index is 10.2. The van der Waals surface area contributed by atoms with Crippen molar-refractivity contribution in [3.63, 3.8) is 0 Å². The Kier molecular flexibility index (Phi) is 7.67. The average molecular weight is 356 g/mol. The minimum absolute atomic E-state index is 0.197. The molecule has 0 aliphatic heterocycles. The number of ether oxygens (including phenoxy) is 1. The van der Waals surface area contributed by atoms with Crippen molar-refractivity contribution in [3.8, 4) is 5.75 Å². The molecule has 0 bridgehead atoms. The van der Waals surface area contributed by atoms with Crippen LogP contribution in [0.2, 0.25) is 0 Å². The fourth-order valence-corrected chi connectivity index (χ4v) is 3.11. The Balaban J connectivity index is 1.79. The third-order valence-corrected chi connectivity index (χ3v) is 4.85. The van der Waals surface area contributed by atoms with E-state index in [0.717, 1.165) is 12.2 Å². The second-order valence-corrected chi connectivity index (χ2v) is 7.36. The first-order chi connectivity index (χ1) is 12.4. The number of hydrogen-bond acceptors (Lipinski definition) is 3. The van der Waals surface area contributed by atoms with Gasteiger partial charge < -0.3 is 15.2 Å². The van der Waals surface area contributed by atoms with Crippen LogP contribution in [0.4, 0.5) is 0 Å². The Morgan fingerprint density at radius 2 is 1.73 bits per heavy atom. The van der Waals surface area contributed by atoms with Gasteiger partial charge >= 0.3 is 0 Å². The van der Waals surface area contributed by atoms with Crippen molar-refractivity contribution in [3.05, 3.63) is 64.7 Å². The van der Waals surface area contributed by atoms with Crippen LogP contribution in [0.25, 0.3) is 0 Å². The predicted molar refractivity (Wildman–Crippen MR) is 109 cm³/mol. The van der Waals surface area contributed by atoms with Crippen molar-refractivity contribution in [2.75, 3.05) is 13.2 Å². The topological polar surface area (TPSA) is 41.5 Å². The van der Waals surface area contributed by atoms with E-state index in [1.165, 1.54) is 22.3 Å². The van der Waals surface area contributed by atoms with Crippen molar-refractivity contribution in [1.82, 2.24) is 5.32 Å². The summed E-state index contributed by atoms with van der Waals surface area (Å²) >= 11 is 0. The molecule has 0 aromatic heterocycles. The molecular formula is C23H33NO2. The number of nitrogens with one attached hydrogen (secondary N) is 1. The molecule has 3 heteroatoms. The van der Waals surface area contributed by atoms with E-state index in [1.807, 2.05) is 12.1 Å². The Hall–Kier alpha value is -1.84. The number of hydrogen-bond donors (Lipinski definition) is 2. The maximum Gasteiger partial charge on any atom is 0.119 e. The van der Waals surface area contributed by atoms with Crippen LogP contribution >= 0.6 is 0 Å². The van der Waals surface area contributed by atoms with Crippen LogP contribution in [0.3, 0.4) is 0 Å². The molecule has 0 aliphatic rings. The molecule has 3 nitrogen and oxygen atoms in total. The first kappa shape index (κ1) is 20.5. The minimum Gasteiger partial charge on any atom is -0.491 e. The summed E-state index contributed by atoms with van der Waals surface area (Å²) in [5, 5.41) is 13.6. The summed E-state index contributed by atoms with van der Waals surface area (Å²) in [5.41, 5.74) is 5.14. The molecular weight excluding hydrogens is 322 g/mol. The van der Waals surface area contributed by atoms with Gasteiger partial charge in [0, 0.05) is 12.6 Å². The molecule has 0 saturated carbocycles. The molecule has 0 amide bonds. The van der Waals surface area contributed by atoms with E-state index in [9.17, 15) is 5.11 Å². The third kappa shape index (κ3) is 5.86. The molecule has 0 aliphatic carbocycles. The minimum atomic E-state index is -0.544. The van der Waals surface area contributed by atoms with E-state index in [0.29, 0.717) is 12.5 Å². The molecule has 2 rings (SSSR count). The van der Waals surface area contributed by atoms with Gasteiger partial charge in [0.25, 0.3) is 0 Å². The van der Waals surface area contributed by atoms with Crippen molar-refractivity contribution in [2.45, 2.75) is 59.1 Å². The van der Waals surface area contributed by atoms with Gasteiger partial charge in [0.1, 0.15) is 18.5 Å². The van der Waals surface area contributed by atoms with Crippen molar-refractivity contribution in [1.29, 1.82) is 0 Å². The summed E-state index contributed by atoms with van der Waals surface area (Å²) in [6, 6.07) is 15.0. The SMILES string of the molecule is CCc1ccc(C(C)NCC(O)COc2ccc(C(C)C)c(C)c2)cc1. The van der Waals surface area contributed by atoms with Gasteiger partial charge in [-0.25, -0.2) is 0 Å². The van der Waals surface area contributed by atoms with Crippen LogP contribution in [-0.4, -0.2) is 24.4 Å². The van der Waals surface area contributed by atoms with Gasteiger partial charge in [0.2, 0.25) is 0 Å². The molecule has 2 N–H and O–H groups in total. The lowest BCUT2D eigenvalue weighted by Gasteiger charge is -2.19. The van der Waals surface area contributed by atoms with Crippen molar-refractivity contribution < 1.29 is 9.84 Å². The zero-order valence-electron chi connectivity index (χ0n) is 16.8. The Bertz CT molecular complexity index is 679. The second kappa shape index (κ2) is 9.75. The number of aliphatic hydroxyl groups is 1. The van der Waals surface area contributed by atoms with Gasteiger partial charge in [0.15, 0.2) is 0 Å². The van der Waals surface area contributed by atoms with Gasteiger partial charge in [-0.1, -0.05) is 51.1 Å². The highest BCUT2D eigenvalue weighted by atomic mass is 16.5. The van der Waals surface area contributed by atoms with Crippen LogP contribution in [0.5, 0.6) is 5.75 Å². The molecule has 0 heterocycles. The normalized spacial score (nSPS) is 13.7. The summed E-state index contributed by atoms with van der Waals surface area (Å²) in [7, 11) is 0. The largest absolute Gasteiger partial charge is 0.491 e. The van der Waals surface area contributed by atoms with E-state index in [2.05, 4.69) is 70.3 Å². The van der Waals surface area contributed by atoms with Crippen LogP contribution in [0, 0.1) is 6.92 Å². The Morgan fingerprint density at radius 3 is 2.31 bits per heavy atom. The van der Waals surface area contributed by atoms with Crippen LogP contribution in [0.15, 0.2) is 42.5 Å². The molecule has 142 valence electrons. The highest BCUT2D eigenvalue weighted by Crippen LogP contribution is 2.23. The zero-order valence-corrected chi connectivity index (χ0v) is 16.8. The number of aryl methyl sites for hydroxylation is 2. The zero-order chi connectivity index (χ0) is 19.1. The maximum absolute atomic E-state index is 10.2. The molecule has 2 aromatic rings. The number of rotatable bonds is 9. The molecule has 0 radical (unpaired) electrons. The Labute approximate surface area is 158 Å². The Morgan fingerprint density at radius 1 is 1.04 bits per heavy atom. The smallest absolute Gasteiger partial charge is 0.119 e. The molecule has 0 spiro atoms. The lowest BCUT2D eigenvalue weighted by molar-refractivity contribution is 0.104. The van der Waals surface area contributed by atoms with Crippen molar-refractivity contribution in [2.24, 2.45) is 0 Å². The van der Waals surface area contributed by atoms with Gasteiger partial charge in [-0.15, -0.1) is 0 Å². The monoisotopic (exact) mass is 355 g/mol. The molecule has 2 unspecified atom stereocenters. The number of aliphatic hydroxyl groups excluding tert-OH is 1. The van der Waals surface area contributed by atoms with Gasteiger partial charge in [-0.05, 0) is 60.6 Å². The highest BCUT2D eigenvalue weighted by molar-refractivity contribution is 5.36. The summed E-state index contributed by atoms with van der Waals surface area (Å²) < 4.78 is 5.76. The van der Waals surface area contributed by atoms with E-state index in [1.54, 1.807) is 0 Å². The first-order valence-corrected chi connectivity index (χ1v) is 9.64. The summed E-state index contributed by atoms with van der Waals surface area (Å²) in [4.78, 5) is 0. The summed E-state index contributed by atoms with van der Waals surface area (Å²) in [6.07, 6.45) is 0.507. The number of benzene rings is 2. The quantitative estimate of drug-likeness (QED) is 0.681. The van der Waals surface area contributed by atoms with Gasteiger partial charge in [0.05, 0.1) is 0 Å². The second-order valence-electron chi connectivity index (χ2n) is 7.36. The van der Waals surface area contributed by atoms with Gasteiger partial charge in [-0.3, -0.25) is 0 Å². The van der Waals surface area contributed by atoms with E-state index >= 15 is 0 Å². The average Bonchev–Trinajstić information content (AvgIpc) is 2.64. The van der Waals surface area contributed by atoms with Crippen molar-refractivity contribution >= 4 is 0 Å². The molecule has 2 atom stereocenters. The molecule has 0 saturated heterocycles. The molecule has 2 aromatic carbocycles. The standard InChI is InChI=1S/C23H33NO2/c1-6-19-7-9-20(10-8-19)18(5)24-14-21(25)15-26-22-11-12-23(16(2)3)17(4)13-22/h7-13,16,18,21,24-25H,6,14-15H2,1-5H3. The van der Waals surface area contributed by atoms with Gasteiger partial charge in [-0.2, -0.15) is 0 Å². The lowest BCUT2D eigenvalue weighted by atomic mass is 9.98. The molecule has 26 heavy (non-hydrogen) atoms. The third-order valence-electron chi connectivity index (χ3n) is 4.85. The van der Waals surface area contributed by atoms with Crippen LogP contribution in [-0.2, 0) is 6.42 Å². The van der Waals surface area contributed by atoms with Crippen LogP contribution < -0.4 is 10.1 Å². The fourth-order valence-electron chi connectivity index (χ4n) is 3.11. The van der Waals surface area contributed by atoms with E-state index in [-0.39, 0.29) is 12.6 Å². The molecule has 0 fully saturated rings. The van der Waals surface area contributed by atoms with E-state index < -0.39 is 6.10 Å². The summed E-state index contributed by atoms with van der Waals surface area (Å²) in [6.45, 7) is 11.5. The predicted octanol–water partition coefficient (Wildman–Crippen LogP) is 4.77.